The van der Waals surface area contributed by atoms with E-state index in [2.05, 4.69) is 10.6 Å². The summed E-state index contributed by atoms with van der Waals surface area (Å²) in [5.74, 6) is 0. The van der Waals surface area contributed by atoms with Crippen molar-refractivity contribution in [1.82, 2.24) is 10.3 Å². The van der Waals surface area contributed by atoms with Crippen molar-refractivity contribution in [2.75, 3.05) is 7.05 Å². The van der Waals surface area contributed by atoms with Gasteiger partial charge in [0.25, 0.3) is 0 Å². The molecule has 0 unspecified atom stereocenters. The number of amides is 2. The van der Waals surface area contributed by atoms with Crippen LogP contribution >= 0.6 is 0 Å². The minimum atomic E-state index is -0.401. The van der Waals surface area contributed by atoms with E-state index in [4.69, 9.17) is 0 Å². The summed E-state index contributed by atoms with van der Waals surface area (Å²) in [6.07, 6.45) is 5.12. The lowest BCUT2D eigenvalue weighted by atomic mass is 9.95. The maximum atomic E-state index is 11.2. The van der Waals surface area contributed by atoms with Gasteiger partial charge in [-0.1, -0.05) is 19.3 Å². The number of nitrogens with zero attached hydrogens (tertiary/aromatic N) is 2. The molecule has 5 nitrogen and oxygen atoms in total. The lowest BCUT2D eigenvalue weighted by Gasteiger charge is -2.27. The Hall–Kier alpha value is -1.13. The Morgan fingerprint density at radius 1 is 1.38 bits per heavy atom. The second-order valence-electron chi connectivity index (χ2n) is 3.27. The first-order chi connectivity index (χ1) is 6.29. The van der Waals surface area contributed by atoms with Crippen molar-refractivity contribution in [2.24, 2.45) is 5.29 Å². The minimum absolute atomic E-state index is 0.00574. The standard InChI is InChI=1S/C8H15N3O2/c1-9-8(12)11(10-13)7-5-3-2-4-6-7/h7H,2-6H2,1H3,(H,9,12). The molecule has 74 valence electrons. The Kier molecular flexibility index (Phi) is 3.67. The molecular formula is C8H15N3O2. The summed E-state index contributed by atoms with van der Waals surface area (Å²) >= 11 is 0. The molecule has 0 bridgehead atoms. The van der Waals surface area contributed by atoms with Crippen molar-refractivity contribution in [1.29, 1.82) is 0 Å². The Morgan fingerprint density at radius 3 is 2.46 bits per heavy atom. The first-order valence-electron chi connectivity index (χ1n) is 4.64. The predicted octanol–water partition coefficient (Wildman–Crippen LogP) is 1.64. The quantitative estimate of drug-likeness (QED) is 0.525. The molecule has 1 rings (SSSR count). The first-order valence-corrected chi connectivity index (χ1v) is 4.64. The first kappa shape index (κ1) is 9.95. The Labute approximate surface area is 77.4 Å². The highest BCUT2D eigenvalue weighted by atomic mass is 16.3. The SMILES string of the molecule is CNC(=O)N(N=O)C1CCCCC1. The van der Waals surface area contributed by atoms with Gasteiger partial charge in [0.15, 0.2) is 0 Å². The van der Waals surface area contributed by atoms with Crippen molar-refractivity contribution in [3.63, 3.8) is 0 Å². The molecule has 0 spiro atoms. The second-order valence-corrected chi connectivity index (χ2v) is 3.27. The summed E-state index contributed by atoms with van der Waals surface area (Å²) < 4.78 is 0. The van der Waals surface area contributed by atoms with Crippen LogP contribution in [0.2, 0.25) is 0 Å². The number of hydrogen-bond acceptors (Lipinski definition) is 3. The average molecular weight is 185 g/mol. The van der Waals surface area contributed by atoms with Crippen molar-refractivity contribution in [3.05, 3.63) is 4.91 Å². The van der Waals surface area contributed by atoms with Crippen LogP contribution in [0.5, 0.6) is 0 Å². The minimum Gasteiger partial charge on any atom is -0.339 e. The molecule has 0 atom stereocenters. The van der Waals surface area contributed by atoms with E-state index in [1.54, 1.807) is 0 Å². The van der Waals surface area contributed by atoms with Gasteiger partial charge < -0.3 is 5.32 Å². The van der Waals surface area contributed by atoms with E-state index in [1.807, 2.05) is 0 Å². The van der Waals surface area contributed by atoms with E-state index in [0.717, 1.165) is 30.7 Å². The molecule has 1 aliphatic rings. The zero-order chi connectivity index (χ0) is 9.68. The third kappa shape index (κ3) is 2.40. The van der Waals surface area contributed by atoms with Crippen LogP contribution < -0.4 is 5.32 Å². The van der Waals surface area contributed by atoms with E-state index in [0.29, 0.717) is 0 Å². The van der Waals surface area contributed by atoms with Gasteiger partial charge in [-0.2, -0.15) is 5.01 Å². The summed E-state index contributed by atoms with van der Waals surface area (Å²) in [6.45, 7) is 0. The van der Waals surface area contributed by atoms with Gasteiger partial charge in [-0.3, -0.25) is 0 Å². The van der Waals surface area contributed by atoms with Crippen molar-refractivity contribution in [3.8, 4) is 0 Å². The van der Waals surface area contributed by atoms with Gasteiger partial charge in [0.2, 0.25) is 0 Å². The smallest absolute Gasteiger partial charge is 0.339 e. The number of nitroso groups, excluding NO2 is 1. The van der Waals surface area contributed by atoms with Gasteiger partial charge in [-0.15, -0.1) is 4.91 Å². The molecule has 5 heteroatoms. The Morgan fingerprint density at radius 2 is 2.00 bits per heavy atom. The number of rotatable bonds is 2. The molecule has 0 aromatic heterocycles. The predicted molar refractivity (Wildman–Crippen MR) is 49.0 cm³/mol. The molecule has 2 amide bonds. The van der Waals surface area contributed by atoms with Crippen LogP contribution in [0.3, 0.4) is 0 Å². The number of carbonyl (C=O) groups is 1. The van der Waals surface area contributed by atoms with E-state index in [9.17, 15) is 9.70 Å². The summed E-state index contributed by atoms with van der Waals surface area (Å²) in [4.78, 5) is 21.6. The van der Waals surface area contributed by atoms with Crippen LogP contribution in [-0.4, -0.2) is 24.1 Å². The van der Waals surface area contributed by atoms with Crippen molar-refractivity contribution < 1.29 is 4.79 Å². The summed E-state index contributed by atoms with van der Waals surface area (Å²) in [6, 6.07) is -0.395. The normalized spacial score (nSPS) is 17.9. The highest BCUT2D eigenvalue weighted by molar-refractivity contribution is 5.73. The van der Waals surface area contributed by atoms with Crippen LogP contribution in [0.4, 0.5) is 4.79 Å². The third-order valence-electron chi connectivity index (χ3n) is 2.43. The van der Waals surface area contributed by atoms with E-state index >= 15 is 0 Å². The van der Waals surface area contributed by atoms with Crippen LogP contribution in [0, 0.1) is 4.91 Å². The van der Waals surface area contributed by atoms with Crippen LogP contribution in [0.1, 0.15) is 32.1 Å². The van der Waals surface area contributed by atoms with Crippen LogP contribution in [-0.2, 0) is 0 Å². The van der Waals surface area contributed by atoms with Gasteiger partial charge in [-0.25, -0.2) is 4.79 Å². The number of carbonyl (C=O) groups excluding carboxylic acids is 1. The van der Waals surface area contributed by atoms with Gasteiger partial charge in [0.1, 0.15) is 0 Å². The zero-order valence-electron chi connectivity index (χ0n) is 7.82. The maximum Gasteiger partial charge on any atom is 0.340 e. The lowest BCUT2D eigenvalue weighted by Crippen LogP contribution is -2.42. The van der Waals surface area contributed by atoms with Gasteiger partial charge in [0, 0.05) is 7.05 Å². The monoisotopic (exact) mass is 185 g/mol. The fourth-order valence-corrected chi connectivity index (χ4v) is 1.71. The van der Waals surface area contributed by atoms with E-state index in [-0.39, 0.29) is 6.04 Å². The van der Waals surface area contributed by atoms with Crippen LogP contribution in [0.25, 0.3) is 0 Å². The van der Waals surface area contributed by atoms with Crippen molar-refractivity contribution >= 4 is 6.03 Å². The summed E-state index contributed by atoms with van der Waals surface area (Å²) in [7, 11) is 1.50. The third-order valence-corrected chi connectivity index (χ3v) is 2.43. The van der Waals surface area contributed by atoms with Crippen molar-refractivity contribution in [2.45, 2.75) is 38.1 Å². The van der Waals surface area contributed by atoms with Gasteiger partial charge in [-0.05, 0) is 12.8 Å². The number of urea groups is 1. The highest BCUT2D eigenvalue weighted by Gasteiger charge is 2.25. The molecule has 0 radical (unpaired) electrons. The molecule has 1 fully saturated rings. The number of nitrogens with one attached hydrogen (secondary N) is 1. The van der Waals surface area contributed by atoms with Gasteiger partial charge in [0.05, 0.1) is 11.3 Å². The lowest BCUT2D eigenvalue weighted by molar-refractivity contribution is 0.159. The zero-order valence-corrected chi connectivity index (χ0v) is 7.82. The van der Waals surface area contributed by atoms with E-state index in [1.165, 1.54) is 13.5 Å². The molecule has 0 saturated heterocycles. The summed E-state index contributed by atoms with van der Waals surface area (Å²) in [5.41, 5.74) is 0. The largest absolute Gasteiger partial charge is 0.340 e. The Bertz CT molecular complexity index is 190. The molecule has 0 aromatic carbocycles. The molecule has 0 aliphatic heterocycles. The molecule has 1 aliphatic carbocycles. The average Bonchev–Trinajstić information content (AvgIpc) is 2.20. The van der Waals surface area contributed by atoms with E-state index < -0.39 is 6.03 Å². The Balaban J connectivity index is 2.53. The van der Waals surface area contributed by atoms with Crippen LogP contribution in [0.15, 0.2) is 5.29 Å². The second kappa shape index (κ2) is 4.79. The molecule has 13 heavy (non-hydrogen) atoms. The van der Waals surface area contributed by atoms with Gasteiger partial charge >= 0.3 is 6.03 Å². The number of hydrogen-bond donors (Lipinski definition) is 1. The molecule has 1 saturated carbocycles. The maximum absolute atomic E-state index is 11.2. The molecular weight excluding hydrogens is 170 g/mol. The topological polar surface area (TPSA) is 61.8 Å². The fourth-order valence-electron chi connectivity index (χ4n) is 1.71. The highest BCUT2D eigenvalue weighted by Crippen LogP contribution is 2.22. The molecule has 0 heterocycles. The summed E-state index contributed by atoms with van der Waals surface area (Å²) in [5, 5.41) is 6.19. The fraction of sp³-hybridized carbons (Fsp3) is 0.875. The molecule has 0 aromatic rings. The molecule has 1 N–H and O–H groups in total.